The van der Waals surface area contributed by atoms with E-state index in [2.05, 4.69) is 10.3 Å². The molecule has 0 saturated carbocycles. The standard InChI is InChI=1S/C29H26N4O4/c1-37-23-9-10-25-24(15-23)20(16-31-25)11-12-30-27(34)19-7-4-8-22(13-19)33-28(35)26-14-18-5-2-3-6-21(18)17-32(26)29(33)36/h2-10,13,15-16,26,31H,11-12,14,17H2,1H3,(H,30,34). The number of fused-ring (bicyclic) bond motifs is 3. The first-order valence-corrected chi connectivity index (χ1v) is 12.3. The number of rotatable bonds is 6. The third-order valence-electron chi connectivity index (χ3n) is 7.21. The van der Waals surface area contributed by atoms with Gasteiger partial charge < -0.3 is 19.9 Å². The molecule has 0 spiro atoms. The van der Waals surface area contributed by atoms with Crippen LogP contribution in [0.3, 0.4) is 0 Å². The highest BCUT2D eigenvalue weighted by Gasteiger charge is 2.47. The minimum absolute atomic E-state index is 0.258. The molecule has 0 bridgehead atoms. The van der Waals surface area contributed by atoms with Gasteiger partial charge in [-0.2, -0.15) is 0 Å². The summed E-state index contributed by atoms with van der Waals surface area (Å²) < 4.78 is 5.32. The van der Waals surface area contributed by atoms with Gasteiger partial charge in [0.25, 0.3) is 11.8 Å². The fourth-order valence-electron chi connectivity index (χ4n) is 5.24. The molecule has 4 amide bonds. The number of aromatic amines is 1. The Balaban J connectivity index is 1.15. The summed E-state index contributed by atoms with van der Waals surface area (Å²) in [6, 6.07) is 19.5. The lowest BCUT2D eigenvalue weighted by Gasteiger charge is -2.28. The highest BCUT2D eigenvalue weighted by Crippen LogP contribution is 2.33. The number of amides is 4. The van der Waals surface area contributed by atoms with Crippen LogP contribution in [-0.4, -0.2) is 47.4 Å². The lowest BCUT2D eigenvalue weighted by atomic mass is 9.95. The van der Waals surface area contributed by atoms with E-state index in [1.807, 2.05) is 48.7 Å². The number of aromatic nitrogens is 1. The Morgan fingerprint density at radius 3 is 2.73 bits per heavy atom. The number of H-pyrrole nitrogens is 1. The first kappa shape index (κ1) is 22.8. The largest absolute Gasteiger partial charge is 0.497 e. The molecule has 1 saturated heterocycles. The number of methoxy groups -OCH3 is 1. The van der Waals surface area contributed by atoms with E-state index in [0.717, 1.165) is 33.3 Å². The number of hydrogen-bond donors (Lipinski definition) is 2. The maximum absolute atomic E-state index is 13.2. The molecule has 1 aromatic heterocycles. The number of carbonyl (C=O) groups is 3. The van der Waals surface area contributed by atoms with Crippen molar-refractivity contribution in [1.29, 1.82) is 0 Å². The number of carbonyl (C=O) groups excluding carboxylic acids is 3. The molecule has 1 unspecified atom stereocenters. The molecule has 1 fully saturated rings. The average Bonchev–Trinajstić information content (AvgIpc) is 3.44. The molecule has 3 aromatic carbocycles. The minimum atomic E-state index is -0.519. The summed E-state index contributed by atoms with van der Waals surface area (Å²) in [7, 11) is 1.63. The molecule has 2 N–H and O–H groups in total. The molecule has 0 radical (unpaired) electrons. The molecule has 3 heterocycles. The number of imide groups is 1. The van der Waals surface area contributed by atoms with Crippen LogP contribution in [0.4, 0.5) is 10.5 Å². The summed E-state index contributed by atoms with van der Waals surface area (Å²) in [4.78, 5) is 45.5. The highest BCUT2D eigenvalue weighted by molar-refractivity contribution is 6.21. The van der Waals surface area contributed by atoms with Gasteiger partial charge in [0.2, 0.25) is 0 Å². The van der Waals surface area contributed by atoms with Gasteiger partial charge in [0.15, 0.2) is 0 Å². The molecule has 186 valence electrons. The number of nitrogens with one attached hydrogen (secondary N) is 2. The number of hydrogen-bond acceptors (Lipinski definition) is 4. The van der Waals surface area contributed by atoms with E-state index in [1.165, 1.54) is 4.90 Å². The van der Waals surface area contributed by atoms with Crippen LogP contribution in [-0.2, 0) is 24.2 Å². The lowest BCUT2D eigenvalue weighted by molar-refractivity contribution is -0.120. The summed E-state index contributed by atoms with van der Waals surface area (Å²) in [5, 5.41) is 4.01. The first-order valence-electron chi connectivity index (χ1n) is 12.3. The molecule has 37 heavy (non-hydrogen) atoms. The number of urea groups is 1. The zero-order valence-corrected chi connectivity index (χ0v) is 20.4. The second kappa shape index (κ2) is 9.13. The quantitative estimate of drug-likeness (QED) is 0.396. The zero-order valence-electron chi connectivity index (χ0n) is 20.4. The summed E-state index contributed by atoms with van der Waals surface area (Å²) in [6.07, 6.45) is 3.07. The number of ether oxygens (including phenoxy) is 1. The summed E-state index contributed by atoms with van der Waals surface area (Å²) >= 11 is 0. The van der Waals surface area contributed by atoms with Crippen molar-refractivity contribution in [2.24, 2.45) is 0 Å². The number of nitrogens with zero attached hydrogens (tertiary/aromatic N) is 2. The van der Waals surface area contributed by atoms with Crippen molar-refractivity contribution in [3.63, 3.8) is 0 Å². The summed E-state index contributed by atoms with van der Waals surface area (Å²) in [6.45, 7) is 0.838. The van der Waals surface area contributed by atoms with Gasteiger partial charge in [0.1, 0.15) is 11.8 Å². The maximum Gasteiger partial charge on any atom is 0.332 e. The molecule has 1 atom stereocenters. The van der Waals surface area contributed by atoms with Crippen molar-refractivity contribution in [3.8, 4) is 5.75 Å². The van der Waals surface area contributed by atoms with E-state index in [0.29, 0.717) is 37.2 Å². The van der Waals surface area contributed by atoms with Crippen molar-refractivity contribution in [1.82, 2.24) is 15.2 Å². The van der Waals surface area contributed by atoms with Gasteiger partial charge in [-0.25, -0.2) is 9.69 Å². The molecule has 0 aliphatic carbocycles. The molecular weight excluding hydrogens is 468 g/mol. The molecule has 6 rings (SSSR count). The van der Waals surface area contributed by atoms with Gasteiger partial charge in [-0.3, -0.25) is 9.59 Å². The number of benzene rings is 3. The molecule has 2 aliphatic rings. The van der Waals surface area contributed by atoms with Gasteiger partial charge in [0, 0.05) is 42.2 Å². The minimum Gasteiger partial charge on any atom is -0.497 e. The van der Waals surface area contributed by atoms with Gasteiger partial charge in [-0.05, 0) is 59.5 Å². The van der Waals surface area contributed by atoms with Crippen LogP contribution in [0.25, 0.3) is 10.9 Å². The van der Waals surface area contributed by atoms with Crippen molar-refractivity contribution in [2.75, 3.05) is 18.6 Å². The maximum atomic E-state index is 13.2. The van der Waals surface area contributed by atoms with Crippen molar-refractivity contribution >= 4 is 34.4 Å². The van der Waals surface area contributed by atoms with E-state index in [9.17, 15) is 14.4 Å². The van der Waals surface area contributed by atoms with Crippen LogP contribution in [0.1, 0.15) is 27.0 Å². The molecule has 8 nitrogen and oxygen atoms in total. The third-order valence-corrected chi connectivity index (χ3v) is 7.21. The molecule has 8 heteroatoms. The Bertz CT molecular complexity index is 1500. The van der Waals surface area contributed by atoms with E-state index in [4.69, 9.17) is 4.74 Å². The second-order valence-corrected chi connectivity index (χ2v) is 9.35. The van der Waals surface area contributed by atoms with Crippen LogP contribution >= 0.6 is 0 Å². The van der Waals surface area contributed by atoms with Gasteiger partial charge >= 0.3 is 6.03 Å². The van der Waals surface area contributed by atoms with Crippen molar-refractivity contribution in [3.05, 3.63) is 95.2 Å². The third kappa shape index (κ3) is 4.00. The van der Waals surface area contributed by atoms with Crippen molar-refractivity contribution in [2.45, 2.75) is 25.4 Å². The SMILES string of the molecule is COc1ccc2[nH]cc(CCNC(=O)c3cccc(N4C(=O)C5Cc6ccccc6CN5C4=O)c3)c2c1. The van der Waals surface area contributed by atoms with Crippen LogP contribution in [0.15, 0.2) is 72.9 Å². The topological polar surface area (TPSA) is 94.7 Å². The molecule has 4 aromatic rings. The predicted molar refractivity (Wildman–Crippen MR) is 140 cm³/mol. The van der Waals surface area contributed by atoms with Gasteiger partial charge in [0.05, 0.1) is 12.8 Å². The molecular formula is C29H26N4O4. The fourth-order valence-corrected chi connectivity index (χ4v) is 5.24. The van der Waals surface area contributed by atoms with Gasteiger partial charge in [-0.15, -0.1) is 0 Å². The van der Waals surface area contributed by atoms with E-state index >= 15 is 0 Å². The van der Waals surface area contributed by atoms with Crippen molar-refractivity contribution < 1.29 is 19.1 Å². The monoisotopic (exact) mass is 494 g/mol. The Labute approximate surface area is 213 Å². The summed E-state index contributed by atoms with van der Waals surface area (Å²) in [5.74, 6) is 0.260. The van der Waals surface area contributed by atoms with Crippen LogP contribution in [0, 0.1) is 0 Å². The Morgan fingerprint density at radius 1 is 1.05 bits per heavy atom. The Kier molecular flexibility index (Phi) is 5.64. The van der Waals surface area contributed by atoms with E-state index in [1.54, 1.807) is 36.3 Å². The average molecular weight is 495 g/mol. The number of anilines is 1. The Morgan fingerprint density at radius 2 is 1.89 bits per heavy atom. The highest BCUT2D eigenvalue weighted by atomic mass is 16.5. The second-order valence-electron chi connectivity index (χ2n) is 9.35. The van der Waals surface area contributed by atoms with E-state index < -0.39 is 6.04 Å². The molecule has 2 aliphatic heterocycles. The lowest BCUT2D eigenvalue weighted by Crippen LogP contribution is -2.39. The fraction of sp³-hybridized carbons (Fsp3) is 0.207. The van der Waals surface area contributed by atoms with E-state index in [-0.39, 0.29) is 17.8 Å². The van der Waals surface area contributed by atoms with Crippen LogP contribution < -0.4 is 15.0 Å². The zero-order chi connectivity index (χ0) is 25.5. The Hall–Kier alpha value is -4.59. The first-order chi connectivity index (χ1) is 18.0. The van der Waals surface area contributed by atoms with Gasteiger partial charge in [-0.1, -0.05) is 30.3 Å². The normalized spacial score (nSPS) is 16.6. The smallest absolute Gasteiger partial charge is 0.332 e. The van der Waals surface area contributed by atoms with Crippen LogP contribution in [0.5, 0.6) is 5.75 Å². The predicted octanol–water partition coefficient (Wildman–Crippen LogP) is 4.04. The van der Waals surface area contributed by atoms with Crippen LogP contribution in [0.2, 0.25) is 0 Å². The summed E-state index contributed by atoms with van der Waals surface area (Å²) in [5.41, 5.74) is 5.04.